The minimum absolute atomic E-state index is 0.0603. The van der Waals surface area contributed by atoms with Crippen LogP contribution in [-0.2, 0) is 13.1 Å². The molecule has 0 aliphatic carbocycles. The number of benzene rings is 1. The molecule has 144 valence electrons. The van der Waals surface area contributed by atoms with Gasteiger partial charge in [0.15, 0.2) is 0 Å². The van der Waals surface area contributed by atoms with Crippen LogP contribution in [0.25, 0.3) is 0 Å². The highest BCUT2D eigenvalue weighted by molar-refractivity contribution is 5.94. The van der Waals surface area contributed by atoms with E-state index in [1.807, 2.05) is 24.3 Å². The monoisotopic (exact) mass is 366 g/mol. The van der Waals surface area contributed by atoms with Gasteiger partial charge in [-0.2, -0.15) is 0 Å². The van der Waals surface area contributed by atoms with Gasteiger partial charge in [-0.3, -0.25) is 14.7 Å². The second-order valence-corrected chi connectivity index (χ2v) is 8.78. The van der Waals surface area contributed by atoms with Gasteiger partial charge in [-0.05, 0) is 57.0 Å². The molecule has 1 aliphatic heterocycles. The van der Waals surface area contributed by atoms with E-state index >= 15 is 0 Å². The van der Waals surface area contributed by atoms with Crippen molar-refractivity contribution in [1.29, 1.82) is 0 Å². The van der Waals surface area contributed by atoms with E-state index in [1.165, 1.54) is 5.56 Å². The summed E-state index contributed by atoms with van der Waals surface area (Å²) in [5, 5.41) is 6.64. The van der Waals surface area contributed by atoms with Gasteiger partial charge in [-0.1, -0.05) is 18.2 Å². The molecule has 1 aromatic carbocycles. The lowest BCUT2D eigenvalue weighted by Gasteiger charge is -2.48. The van der Waals surface area contributed by atoms with E-state index in [0.29, 0.717) is 12.1 Å². The topological polar surface area (TPSA) is 57.3 Å². The molecule has 27 heavy (non-hydrogen) atoms. The number of pyridine rings is 1. The molecule has 0 atom stereocenters. The molecule has 1 fully saturated rings. The first-order valence-corrected chi connectivity index (χ1v) is 9.50. The van der Waals surface area contributed by atoms with Crippen molar-refractivity contribution >= 4 is 5.91 Å². The van der Waals surface area contributed by atoms with Crippen molar-refractivity contribution in [2.24, 2.45) is 0 Å². The maximum Gasteiger partial charge on any atom is 0.251 e. The molecule has 0 spiro atoms. The van der Waals surface area contributed by atoms with Crippen molar-refractivity contribution in [3.63, 3.8) is 0 Å². The summed E-state index contributed by atoms with van der Waals surface area (Å²) < 4.78 is 0. The Morgan fingerprint density at radius 2 is 1.74 bits per heavy atom. The maximum absolute atomic E-state index is 12.3. The molecular weight excluding hydrogens is 336 g/mol. The standard InChI is InChI=1S/C22H30N4O/c1-21(2)15-26(16-22(3,4)25-21)14-17-7-9-19(10-8-17)20(27)24-13-18-6-5-11-23-12-18/h5-12,25H,13-16H2,1-4H3,(H,24,27). The lowest BCUT2D eigenvalue weighted by molar-refractivity contribution is 0.0728. The van der Waals surface area contributed by atoms with Crippen LogP contribution in [0.5, 0.6) is 0 Å². The van der Waals surface area contributed by atoms with Crippen molar-refractivity contribution in [2.75, 3.05) is 13.1 Å². The van der Waals surface area contributed by atoms with Crippen molar-refractivity contribution in [3.8, 4) is 0 Å². The molecule has 5 heteroatoms. The first-order chi connectivity index (χ1) is 12.7. The number of carbonyl (C=O) groups is 1. The highest BCUT2D eigenvalue weighted by atomic mass is 16.1. The summed E-state index contributed by atoms with van der Waals surface area (Å²) in [5.41, 5.74) is 3.09. The molecule has 0 unspecified atom stereocenters. The summed E-state index contributed by atoms with van der Waals surface area (Å²) in [7, 11) is 0. The van der Waals surface area contributed by atoms with Crippen LogP contribution in [-0.4, -0.2) is 40.0 Å². The van der Waals surface area contributed by atoms with E-state index < -0.39 is 0 Å². The SMILES string of the molecule is CC1(C)CN(Cc2ccc(C(=O)NCc3cccnc3)cc2)CC(C)(C)N1. The molecule has 0 bridgehead atoms. The smallest absolute Gasteiger partial charge is 0.251 e. The van der Waals surface area contributed by atoms with Crippen LogP contribution in [0.4, 0.5) is 0 Å². The number of aromatic nitrogens is 1. The van der Waals surface area contributed by atoms with E-state index in [4.69, 9.17) is 0 Å². The van der Waals surface area contributed by atoms with Gasteiger partial charge in [0.05, 0.1) is 0 Å². The highest BCUT2D eigenvalue weighted by Gasteiger charge is 2.36. The highest BCUT2D eigenvalue weighted by Crippen LogP contribution is 2.22. The Kier molecular flexibility index (Phi) is 5.63. The number of carbonyl (C=O) groups excluding carboxylic acids is 1. The molecule has 1 amide bonds. The first kappa shape index (κ1) is 19.5. The van der Waals surface area contributed by atoms with Gasteiger partial charge in [0.25, 0.3) is 5.91 Å². The fourth-order valence-corrected chi connectivity index (χ4v) is 4.09. The van der Waals surface area contributed by atoms with Gasteiger partial charge in [0, 0.05) is 55.2 Å². The maximum atomic E-state index is 12.3. The predicted molar refractivity (Wildman–Crippen MR) is 108 cm³/mol. The van der Waals surface area contributed by atoms with Crippen LogP contribution in [0.15, 0.2) is 48.8 Å². The van der Waals surface area contributed by atoms with E-state index in [-0.39, 0.29) is 17.0 Å². The van der Waals surface area contributed by atoms with Crippen LogP contribution < -0.4 is 10.6 Å². The van der Waals surface area contributed by atoms with Crippen LogP contribution in [0.3, 0.4) is 0 Å². The first-order valence-electron chi connectivity index (χ1n) is 9.50. The fraction of sp³-hybridized carbons (Fsp3) is 0.455. The molecule has 2 aromatic rings. The molecule has 5 nitrogen and oxygen atoms in total. The van der Waals surface area contributed by atoms with Crippen molar-refractivity contribution < 1.29 is 4.79 Å². The number of piperazine rings is 1. The number of amides is 1. The lowest BCUT2D eigenvalue weighted by Crippen LogP contribution is -2.66. The Bertz CT molecular complexity index is 753. The third kappa shape index (κ3) is 5.62. The average molecular weight is 367 g/mol. The number of hydrogen-bond donors (Lipinski definition) is 2. The lowest BCUT2D eigenvalue weighted by atomic mass is 9.91. The van der Waals surface area contributed by atoms with E-state index in [2.05, 4.69) is 60.3 Å². The summed E-state index contributed by atoms with van der Waals surface area (Å²) >= 11 is 0. The van der Waals surface area contributed by atoms with Gasteiger partial charge in [-0.25, -0.2) is 0 Å². The normalized spacial score (nSPS) is 18.8. The quantitative estimate of drug-likeness (QED) is 0.854. The number of rotatable bonds is 5. The number of nitrogens with zero attached hydrogens (tertiary/aromatic N) is 2. The molecule has 1 aromatic heterocycles. The Labute approximate surface area is 162 Å². The molecule has 1 aliphatic rings. The molecule has 0 saturated carbocycles. The summed E-state index contributed by atoms with van der Waals surface area (Å²) in [6, 6.07) is 11.8. The zero-order valence-electron chi connectivity index (χ0n) is 16.7. The Hall–Kier alpha value is -2.24. The molecule has 3 rings (SSSR count). The van der Waals surface area contributed by atoms with E-state index in [9.17, 15) is 4.79 Å². The second kappa shape index (κ2) is 7.79. The zero-order chi connectivity index (χ0) is 19.5. The minimum atomic E-state index is -0.0603. The van der Waals surface area contributed by atoms with Crippen LogP contribution in [0, 0.1) is 0 Å². The van der Waals surface area contributed by atoms with E-state index in [1.54, 1.807) is 12.4 Å². The van der Waals surface area contributed by atoms with Gasteiger partial charge >= 0.3 is 0 Å². The third-order valence-electron chi connectivity index (χ3n) is 4.71. The van der Waals surface area contributed by atoms with Crippen molar-refractivity contribution in [1.82, 2.24) is 20.5 Å². The molecular formula is C22H30N4O. The van der Waals surface area contributed by atoms with Gasteiger partial charge < -0.3 is 10.6 Å². The van der Waals surface area contributed by atoms with Crippen LogP contribution in [0.2, 0.25) is 0 Å². The van der Waals surface area contributed by atoms with E-state index in [0.717, 1.165) is 25.2 Å². The van der Waals surface area contributed by atoms with Crippen molar-refractivity contribution in [2.45, 2.75) is 51.9 Å². The number of nitrogens with one attached hydrogen (secondary N) is 2. The molecule has 2 N–H and O–H groups in total. The van der Waals surface area contributed by atoms with Crippen molar-refractivity contribution in [3.05, 3.63) is 65.5 Å². The van der Waals surface area contributed by atoms with Gasteiger partial charge in [0.1, 0.15) is 0 Å². The Balaban J connectivity index is 1.57. The molecule has 0 radical (unpaired) electrons. The summed E-state index contributed by atoms with van der Waals surface area (Å²) in [4.78, 5) is 18.9. The van der Waals surface area contributed by atoms with Gasteiger partial charge in [0.2, 0.25) is 0 Å². The summed E-state index contributed by atoms with van der Waals surface area (Å²) in [6.45, 7) is 12.4. The molecule has 1 saturated heterocycles. The second-order valence-electron chi connectivity index (χ2n) is 8.78. The average Bonchev–Trinajstić information content (AvgIpc) is 2.58. The largest absolute Gasteiger partial charge is 0.348 e. The Morgan fingerprint density at radius 1 is 1.07 bits per heavy atom. The van der Waals surface area contributed by atoms with Gasteiger partial charge in [-0.15, -0.1) is 0 Å². The minimum Gasteiger partial charge on any atom is -0.348 e. The molecule has 2 heterocycles. The van der Waals surface area contributed by atoms with Crippen LogP contribution >= 0.6 is 0 Å². The fourth-order valence-electron chi connectivity index (χ4n) is 4.09. The third-order valence-corrected chi connectivity index (χ3v) is 4.71. The zero-order valence-corrected chi connectivity index (χ0v) is 16.7. The summed E-state index contributed by atoms with van der Waals surface area (Å²) in [6.07, 6.45) is 3.49. The summed E-state index contributed by atoms with van der Waals surface area (Å²) in [5.74, 6) is -0.0603. The van der Waals surface area contributed by atoms with Crippen LogP contribution in [0.1, 0.15) is 49.2 Å². The number of hydrogen-bond acceptors (Lipinski definition) is 4. The predicted octanol–water partition coefficient (Wildman–Crippen LogP) is 2.97. The Morgan fingerprint density at radius 3 is 2.33 bits per heavy atom.